The lowest BCUT2D eigenvalue weighted by molar-refractivity contribution is 0.263. The Balaban J connectivity index is 2.29. The lowest BCUT2D eigenvalue weighted by Crippen LogP contribution is -2.09. The number of aliphatic hydroxyl groups is 1. The molecule has 1 unspecified atom stereocenters. The van der Waals surface area contributed by atoms with Crippen molar-refractivity contribution >= 4 is 11.6 Å². The fourth-order valence-corrected chi connectivity index (χ4v) is 2.33. The highest BCUT2D eigenvalue weighted by molar-refractivity contribution is 6.31. The van der Waals surface area contributed by atoms with E-state index in [2.05, 4.69) is 0 Å². The second kappa shape index (κ2) is 6.13. The van der Waals surface area contributed by atoms with Crippen molar-refractivity contribution in [3.8, 4) is 0 Å². The maximum atomic E-state index is 13.6. The fraction of sp³-hybridized carbons (Fsp3) is 0.200. The molecule has 100 valence electrons. The van der Waals surface area contributed by atoms with E-state index in [0.29, 0.717) is 5.02 Å². The van der Waals surface area contributed by atoms with Crippen LogP contribution in [0, 0.1) is 11.6 Å². The third-order valence-corrected chi connectivity index (χ3v) is 3.38. The van der Waals surface area contributed by atoms with Crippen LogP contribution in [0.4, 0.5) is 8.78 Å². The van der Waals surface area contributed by atoms with Crippen LogP contribution in [-0.4, -0.2) is 11.7 Å². The lowest BCUT2D eigenvalue weighted by Gasteiger charge is -2.16. The third-order valence-electron chi connectivity index (χ3n) is 3.04. The van der Waals surface area contributed by atoms with Gasteiger partial charge in [-0.05, 0) is 41.8 Å². The second-order valence-electron chi connectivity index (χ2n) is 4.34. The van der Waals surface area contributed by atoms with E-state index in [4.69, 9.17) is 11.6 Å². The predicted molar refractivity (Wildman–Crippen MR) is 71.3 cm³/mol. The fourth-order valence-electron chi connectivity index (χ4n) is 2.04. The van der Waals surface area contributed by atoms with Gasteiger partial charge in [-0.1, -0.05) is 29.8 Å². The minimum absolute atomic E-state index is 0.181. The molecule has 2 aromatic carbocycles. The SMILES string of the molecule is OCC(Cc1cc(F)ccc1F)c1ccccc1Cl. The van der Waals surface area contributed by atoms with Gasteiger partial charge in [-0.3, -0.25) is 0 Å². The van der Waals surface area contributed by atoms with Gasteiger partial charge < -0.3 is 5.11 Å². The predicted octanol–water partition coefficient (Wildman–Crippen LogP) is 3.94. The Labute approximate surface area is 115 Å². The molecule has 0 heterocycles. The van der Waals surface area contributed by atoms with Crippen LogP contribution in [0.5, 0.6) is 0 Å². The van der Waals surface area contributed by atoms with Crippen molar-refractivity contribution in [2.75, 3.05) is 6.61 Å². The number of hydrogen-bond acceptors (Lipinski definition) is 1. The first-order chi connectivity index (χ1) is 9.11. The summed E-state index contributed by atoms with van der Waals surface area (Å²) in [6, 6.07) is 10.4. The van der Waals surface area contributed by atoms with Gasteiger partial charge in [-0.2, -0.15) is 0 Å². The van der Waals surface area contributed by atoms with E-state index in [1.807, 2.05) is 0 Å². The molecule has 0 saturated heterocycles. The Morgan fingerprint density at radius 2 is 1.84 bits per heavy atom. The van der Waals surface area contributed by atoms with E-state index >= 15 is 0 Å². The summed E-state index contributed by atoms with van der Waals surface area (Å²) in [6.07, 6.45) is 0.198. The van der Waals surface area contributed by atoms with Gasteiger partial charge in [0.2, 0.25) is 0 Å². The van der Waals surface area contributed by atoms with E-state index in [-0.39, 0.29) is 24.5 Å². The molecule has 0 aliphatic heterocycles. The van der Waals surface area contributed by atoms with Crippen molar-refractivity contribution < 1.29 is 13.9 Å². The Morgan fingerprint density at radius 1 is 1.11 bits per heavy atom. The molecule has 0 spiro atoms. The van der Waals surface area contributed by atoms with Crippen molar-refractivity contribution in [2.45, 2.75) is 12.3 Å². The van der Waals surface area contributed by atoms with E-state index < -0.39 is 11.6 Å². The van der Waals surface area contributed by atoms with Crippen LogP contribution in [0.2, 0.25) is 5.02 Å². The summed E-state index contributed by atoms with van der Waals surface area (Å²) in [5, 5.41) is 9.96. The van der Waals surface area contributed by atoms with Gasteiger partial charge >= 0.3 is 0 Å². The molecule has 1 nitrogen and oxygen atoms in total. The molecule has 1 atom stereocenters. The van der Waals surface area contributed by atoms with E-state index in [0.717, 1.165) is 23.8 Å². The van der Waals surface area contributed by atoms with Crippen molar-refractivity contribution in [1.82, 2.24) is 0 Å². The monoisotopic (exact) mass is 282 g/mol. The van der Waals surface area contributed by atoms with Gasteiger partial charge in [-0.25, -0.2) is 8.78 Å². The molecule has 0 fully saturated rings. The molecule has 0 amide bonds. The molecule has 0 bridgehead atoms. The summed E-state index contributed by atoms with van der Waals surface area (Å²) in [5.74, 6) is -1.33. The molecule has 2 rings (SSSR count). The van der Waals surface area contributed by atoms with Crippen molar-refractivity contribution in [3.05, 3.63) is 70.2 Å². The van der Waals surface area contributed by atoms with Crippen LogP contribution in [0.25, 0.3) is 0 Å². The van der Waals surface area contributed by atoms with Crippen LogP contribution < -0.4 is 0 Å². The minimum atomic E-state index is -0.493. The average molecular weight is 283 g/mol. The van der Waals surface area contributed by atoms with Gasteiger partial charge in [0.25, 0.3) is 0 Å². The summed E-state index contributed by atoms with van der Waals surface area (Å²) < 4.78 is 26.7. The molecule has 0 aliphatic rings. The van der Waals surface area contributed by atoms with Crippen LogP contribution in [-0.2, 0) is 6.42 Å². The van der Waals surface area contributed by atoms with Crippen LogP contribution in [0.3, 0.4) is 0 Å². The van der Waals surface area contributed by atoms with Gasteiger partial charge in [0, 0.05) is 10.9 Å². The molecule has 0 aliphatic carbocycles. The summed E-state index contributed by atoms with van der Waals surface area (Å²) >= 11 is 6.06. The number of hydrogen-bond donors (Lipinski definition) is 1. The molecule has 1 N–H and O–H groups in total. The lowest BCUT2D eigenvalue weighted by atomic mass is 9.92. The van der Waals surface area contributed by atoms with Crippen molar-refractivity contribution in [1.29, 1.82) is 0 Å². The maximum Gasteiger partial charge on any atom is 0.126 e. The Bertz CT molecular complexity index is 572. The maximum absolute atomic E-state index is 13.6. The molecular formula is C15H13ClF2O. The zero-order valence-corrected chi connectivity index (χ0v) is 10.9. The Morgan fingerprint density at radius 3 is 2.53 bits per heavy atom. The Kier molecular flexibility index (Phi) is 4.51. The third kappa shape index (κ3) is 3.31. The molecule has 0 aromatic heterocycles. The smallest absolute Gasteiger partial charge is 0.126 e. The van der Waals surface area contributed by atoms with Crippen molar-refractivity contribution in [3.63, 3.8) is 0 Å². The summed E-state index contributed by atoms with van der Waals surface area (Å²) in [6.45, 7) is -0.181. The second-order valence-corrected chi connectivity index (χ2v) is 4.75. The average Bonchev–Trinajstić information content (AvgIpc) is 2.41. The first-order valence-corrected chi connectivity index (χ1v) is 6.29. The quantitative estimate of drug-likeness (QED) is 0.901. The Hall–Kier alpha value is -1.45. The van der Waals surface area contributed by atoms with Gasteiger partial charge in [0.15, 0.2) is 0 Å². The van der Waals surface area contributed by atoms with E-state index in [9.17, 15) is 13.9 Å². The zero-order chi connectivity index (χ0) is 13.8. The van der Waals surface area contributed by atoms with E-state index in [1.165, 1.54) is 0 Å². The molecule has 2 aromatic rings. The summed E-state index contributed by atoms with van der Waals surface area (Å²) in [7, 11) is 0. The van der Waals surface area contributed by atoms with E-state index in [1.54, 1.807) is 24.3 Å². The van der Waals surface area contributed by atoms with Gasteiger partial charge in [-0.15, -0.1) is 0 Å². The molecule has 4 heteroatoms. The van der Waals surface area contributed by atoms with Crippen LogP contribution >= 0.6 is 11.6 Å². The highest BCUT2D eigenvalue weighted by Gasteiger charge is 2.16. The molecule has 0 saturated carbocycles. The first-order valence-electron chi connectivity index (χ1n) is 5.91. The number of halogens is 3. The summed E-state index contributed by atoms with van der Waals surface area (Å²) in [4.78, 5) is 0. The summed E-state index contributed by atoms with van der Waals surface area (Å²) in [5.41, 5.74) is 0.967. The molecule has 19 heavy (non-hydrogen) atoms. The van der Waals surface area contributed by atoms with Gasteiger partial charge in [0.05, 0.1) is 6.61 Å². The van der Waals surface area contributed by atoms with Gasteiger partial charge in [0.1, 0.15) is 11.6 Å². The standard InChI is InChI=1S/C15H13ClF2O/c16-14-4-2-1-3-13(14)11(9-19)7-10-8-12(17)5-6-15(10)18/h1-6,8,11,19H,7,9H2. The number of aliphatic hydroxyl groups excluding tert-OH is 1. The number of rotatable bonds is 4. The van der Waals surface area contributed by atoms with Crippen molar-refractivity contribution in [2.24, 2.45) is 0 Å². The topological polar surface area (TPSA) is 20.2 Å². The highest BCUT2D eigenvalue weighted by Crippen LogP contribution is 2.28. The van der Waals surface area contributed by atoms with Crippen LogP contribution in [0.15, 0.2) is 42.5 Å². The highest BCUT2D eigenvalue weighted by atomic mass is 35.5. The molecule has 0 radical (unpaired) electrons. The minimum Gasteiger partial charge on any atom is -0.396 e. The zero-order valence-electron chi connectivity index (χ0n) is 10.1. The number of benzene rings is 2. The van der Waals surface area contributed by atoms with Crippen LogP contribution in [0.1, 0.15) is 17.0 Å². The molecular weight excluding hydrogens is 270 g/mol. The normalized spacial score (nSPS) is 12.4. The largest absolute Gasteiger partial charge is 0.396 e. The first kappa shape index (κ1) is 14.0.